The molecule has 0 spiro atoms. The third kappa shape index (κ3) is 5.06. The number of aryl methyl sites for hydroxylation is 3. The van der Waals surface area contributed by atoms with E-state index in [9.17, 15) is 14.4 Å². The molecule has 174 valence electrons. The van der Waals surface area contributed by atoms with E-state index < -0.39 is 17.2 Å². The Hall–Kier alpha value is -4.20. The molecule has 0 saturated heterocycles. The summed E-state index contributed by atoms with van der Waals surface area (Å²) >= 11 is 0. The van der Waals surface area contributed by atoms with Gasteiger partial charge >= 0.3 is 0 Å². The first-order chi connectivity index (χ1) is 16.5. The van der Waals surface area contributed by atoms with E-state index in [1.54, 1.807) is 4.57 Å². The molecule has 3 heterocycles. The third-order valence-electron chi connectivity index (χ3n) is 5.70. The maximum atomic E-state index is 12.9. The standard InChI is InChI=1S/C26H27N5O3/c1-18-8-6-12-23-29-20(15-31(18)23)14-28-26(34)22-17-30(16-21(24(22)32)25(33)27-2)13-7-11-19-9-4-3-5-10-19/h3-6,8-10,12,15-17H,7,11,13-14H2,1-2H3,(H,27,33)(H,28,34). The van der Waals surface area contributed by atoms with Crippen molar-refractivity contribution in [1.82, 2.24) is 24.6 Å². The lowest BCUT2D eigenvalue weighted by Crippen LogP contribution is -2.34. The summed E-state index contributed by atoms with van der Waals surface area (Å²) in [7, 11) is 1.46. The SMILES string of the molecule is CNC(=O)c1cn(CCCc2ccccc2)cc(C(=O)NCc2cn3c(C)cccc3n2)c1=O. The zero-order valence-electron chi connectivity index (χ0n) is 19.2. The number of imidazole rings is 1. The lowest BCUT2D eigenvalue weighted by molar-refractivity contribution is 0.0948. The molecule has 0 radical (unpaired) electrons. The molecule has 34 heavy (non-hydrogen) atoms. The fourth-order valence-electron chi connectivity index (χ4n) is 3.88. The van der Waals surface area contributed by atoms with Crippen LogP contribution in [0.5, 0.6) is 0 Å². The van der Waals surface area contributed by atoms with Crippen LogP contribution in [0.1, 0.15) is 44.1 Å². The Labute approximate surface area is 197 Å². The van der Waals surface area contributed by atoms with Gasteiger partial charge < -0.3 is 19.6 Å². The number of aromatic nitrogens is 3. The Bertz CT molecular complexity index is 1390. The minimum absolute atomic E-state index is 0.0572. The van der Waals surface area contributed by atoms with Gasteiger partial charge in [-0.2, -0.15) is 0 Å². The van der Waals surface area contributed by atoms with E-state index in [0.29, 0.717) is 12.2 Å². The number of nitrogens with zero attached hydrogens (tertiary/aromatic N) is 3. The molecular formula is C26H27N5O3. The zero-order chi connectivity index (χ0) is 24.1. The van der Waals surface area contributed by atoms with Crippen molar-refractivity contribution in [3.8, 4) is 0 Å². The quantitative estimate of drug-likeness (QED) is 0.425. The van der Waals surface area contributed by atoms with E-state index >= 15 is 0 Å². The third-order valence-corrected chi connectivity index (χ3v) is 5.70. The van der Waals surface area contributed by atoms with Gasteiger partial charge in [0.2, 0.25) is 5.43 Å². The largest absolute Gasteiger partial charge is 0.355 e. The number of fused-ring (bicyclic) bond motifs is 1. The molecule has 0 fully saturated rings. The molecule has 0 atom stereocenters. The van der Waals surface area contributed by atoms with Crippen molar-refractivity contribution in [2.45, 2.75) is 32.9 Å². The van der Waals surface area contributed by atoms with E-state index in [0.717, 1.165) is 24.2 Å². The normalized spacial score (nSPS) is 10.9. The summed E-state index contributed by atoms with van der Waals surface area (Å²) in [5, 5.41) is 5.25. The molecule has 8 nitrogen and oxygen atoms in total. The maximum Gasteiger partial charge on any atom is 0.257 e. The van der Waals surface area contributed by atoms with E-state index in [2.05, 4.69) is 27.8 Å². The number of amides is 2. The summed E-state index contributed by atoms with van der Waals surface area (Å²) in [4.78, 5) is 42.6. The van der Waals surface area contributed by atoms with Crippen LogP contribution >= 0.6 is 0 Å². The summed E-state index contributed by atoms with van der Waals surface area (Å²) in [6.45, 7) is 2.70. The van der Waals surface area contributed by atoms with E-state index in [1.165, 1.54) is 25.0 Å². The average Bonchev–Trinajstić information content (AvgIpc) is 3.28. The summed E-state index contributed by atoms with van der Waals surface area (Å²) in [5.41, 5.74) is 2.97. The predicted molar refractivity (Wildman–Crippen MR) is 130 cm³/mol. The number of carbonyl (C=O) groups excluding carboxylic acids is 2. The summed E-state index contributed by atoms with van der Waals surface area (Å²) < 4.78 is 3.67. The highest BCUT2D eigenvalue weighted by molar-refractivity contribution is 5.99. The Morgan fingerprint density at radius 2 is 1.68 bits per heavy atom. The van der Waals surface area contributed by atoms with Crippen molar-refractivity contribution in [2.75, 3.05) is 7.05 Å². The molecule has 3 aromatic heterocycles. The molecule has 0 aliphatic carbocycles. The van der Waals surface area contributed by atoms with Gasteiger partial charge in [0.1, 0.15) is 16.8 Å². The summed E-state index contributed by atoms with van der Waals surface area (Å²) in [6, 6.07) is 15.9. The molecule has 0 bridgehead atoms. The second kappa shape index (κ2) is 10.2. The van der Waals surface area contributed by atoms with Gasteiger partial charge in [0.05, 0.1) is 12.2 Å². The van der Waals surface area contributed by atoms with Crippen molar-refractivity contribution in [1.29, 1.82) is 0 Å². The van der Waals surface area contributed by atoms with Crippen LogP contribution in [-0.2, 0) is 19.5 Å². The van der Waals surface area contributed by atoms with Gasteiger partial charge in [-0.25, -0.2) is 4.98 Å². The van der Waals surface area contributed by atoms with Gasteiger partial charge in [0.15, 0.2) is 0 Å². The lowest BCUT2D eigenvalue weighted by Gasteiger charge is -2.12. The maximum absolute atomic E-state index is 12.9. The number of pyridine rings is 2. The number of benzene rings is 1. The number of carbonyl (C=O) groups is 2. The molecule has 8 heteroatoms. The van der Waals surface area contributed by atoms with Crippen LogP contribution in [0.4, 0.5) is 0 Å². The van der Waals surface area contributed by atoms with E-state index in [-0.39, 0.29) is 17.7 Å². The number of hydrogen-bond acceptors (Lipinski definition) is 4. The Morgan fingerprint density at radius 1 is 0.941 bits per heavy atom. The second-order valence-electron chi connectivity index (χ2n) is 8.13. The highest BCUT2D eigenvalue weighted by Crippen LogP contribution is 2.09. The first-order valence-electron chi connectivity index (χ1n) is 11.2. The fourth-order valence-corrected chi connectivity index (χ4v) is 3.88. The molecule has 0 aliphatic rings. The first-order valence-corrected chi connectivity index (χ1v) is 11.2. The van der Waals surface area contributed by atoms with Crippen LogP contribution in [0.2, 0.25) is 0 Å². The zero-order valence-corrected chi connectivity index (χ0v) is 19.2. The monoisotopic (exact) mass is 457 g/mol. The van der Waals surface area contributed by atoms with Crippen molar-refractivity contribution in [2.24, 2.45) is 0 Å². The van der Waals surface area contributed by atoms with Crippen LogP contribution in [0.15, 0.2) is 71.9 Å². The fraction of sp³-hybridized carbons (Fsp3) is 0.231. The molecular weight excluding hydrogens is 430 g/mol. The molecule has 2 amide bonds. The Kier molecular flexibility index (Phi) is 6.87. The topological polar surface area (TPSA) is 97.5 Å². The van der Waals surface area contributed by atoms with Crippen LogP contribution in [-0.4, -0.2) is 32.8 Å². The molecule has 0 unspecified atom stereocenters. The van der Waals surface area contributed by atoms with Crippen LogP contribution in [0.3, 0.4) is 0 Å². The average molecular weight is 458 g/mol. The molecule has 4 rings (SSSR count). The summed E-state index contributed by atoms with van der Waals surface area (Å²) in [6.07, 6.45) is 6.52. The predicted octanol–water partition coefficient (Wildman–Crippen LogP) is 2.73. The first kappa shape index (κ1) is 23.0. The number of hydrogen-bond donors (Lipinski definition) is 2. The molecule has 0 saturated carbocycles. The Balaban J connectivity index is 1.52. The second-order valence-corrected chi connectivity index (χ2v) is 8.13. The lowest BCUT2D eigenvalue weighted by atomic mass is 10.1. The van der Waals surface area contributed by atoms with Crippen LogP contribution in [0, 0.1) is 6.92 Å². The van der Waals surface area contributed by atoms with Gasteiger partial charge in [0.25, 0.3) is 11.8 Å². The number of rotatable bonds is 8. The minimum atomic E-state index is -0.595. The van der Waals surface area contributed by atoms with Gasteiger partial charge in [0, 0.05) is 37.9 Å². The van der Waals surface area contributed by atoms with Crippen molar-refractivity contribution >= 4 is 17.5 Å². The smallest absolute Gasteiger partial charge is 0.257 e. The van der Waals surface area contributed by atoms with Crippen molar-refractivity contribution < 1.29 is 9.59 Å². The van der Waals surface area contributed by atoms with Crippen molar-refractivity contribution in [3.05, 3.63) is 105 Å². The van der Waals surface area contributed by atoms with Crippen LogP contribution in [0.25, 0.3) is 5.65 Å². The molecule has 2 N–H and O–H groups in total. The summed E-state index contributed by atoms with van der Waals surface area (Å²) in [5.74, 6) is -1.06. The van der Waals surface area contributed by atoms with E-state index in [1.807, 2.05) is 53.9 Å². The van der Waals surface area contributed by atoms with Crippen LogP contribution < -0.4 is 16.1 Å². The molecule has 4 aromatic rings. The van der Waals surface area contributed by atoms with Crippen molar-refractivity contribution in [3.63, 3.8) is 0 Å². The molecule has 1 aromatic carbocycles. The minimum Gasteiger partial charge on any atom is -0.355 e. The highest BCUT2D eigenvalue weighted by Gasteiger charge is 2.19. The Morgan fingerprint density at radius 3 is 2.38 bits per heavy atom. The highest BCUT2D eigenvalue weighted by atomic mass is 16.2. The number of nitrogens with one attached hydrogen (secondary N) is 2. The van der Waals surface area contributed by atoms with E-state index in [4.69, 9.17) is 0 Å². The van der Waals surface area contributed by atoms with Gasteiger partial charge in [-0.3, -0.25) is 14.4 Å². The van der Waals surface area contributed by atoms with Gasteiger partial charge in [-0.05, 0) is 37.5 Å². The van der Waals surface area contributed by atoms with Gasteiger partial charge in [-0.15, -0.1) is 0 Å². The van der Waals surface area contributed by atoms with Gasteiger partial charge in [-0.1, -0.05) is 36.4 Å². The molecule has 0 aliphatic heterocycles.